The molecule has 0 aliphatic carbocycles. The van der Waals surface area contributed by atoms with E-state index in [1.54, 1.807) is 37.3 Å². The van der Waals surface area contributed by atoms with Crippen molar-refractivity contribution in [2.75, 3.05) is 5.32 Å². The number of hydrogen-bond acceptors (Lipinski definition) is 2. The fraction of sp³-hybridized carbons (Fsp3) is 0.0588. The molecule has 0 radical (unpaired) electrons. The molecule has 3 aromatic rings. The third kappa shape index (κ3) is 2.81. The van der Waals surface area contributed by atoms with E-state index in [1.807, 2.05) is 0 Å². The van der Waals surface area contributed by atoms with Gasteiger partial charge in [0.2, 0.25) is 0 Å². The van der Waals surface area contributed by atoms with Gasteiger partial charge in [-0.05, 0) is 43.2 Å². The number of H-pyrrole nitrogens is 1. The number of nitrogens with one attached hydrogen (secondary N) is 2. The summed E-state index contributed by atoms with van der Waals surface area (Å²) < 4.78 is 13.3. The molecule has 1 amide bonds. The van der Waals surface area contributed by atoms with Gasteiger partial charge < -0.3 is 10.3 Å². The molecule has 108 valence electrons. The van der Waals surface area contributed by atoms with E-state index < -0.39 is 0 Å². The summed E-state index contributed by atoms with van der Waals surface area (Å²) in [5, 5.41) is 2.67. The van der Waals surface area contributed by atoms with Crippen LogP contribution in [0.2, 0.25) is 0 Å². The summed E-state index contributed by atoms with van der Waals surface area (Å²) in [6.07, 6.45) is 0. The molecular formula is C17H12FN3O. The number of aromatic nitrogens is 2. The van der Waals surface area contributed by atoms with Gasteiger partial charge in [0, 0.05) is 11.3 Å². The van der Waals surface area contributed by atoms with Crippen molar-refractivity contribution in [3.05, 3.63) is 48.3 Å². The second-order valence-electron chi connectivity index (χ2n) is 4.66. The lowest BCUT2D eigenvalue weighted by atomic mass is 10.2. The number of aromatic amines is 1. The molecule has 0 fully saturated rings. The van der Waals surface area contributed by atoms with Gasteiger partial charge in [0.1, 0.15) is 11.6 Å². The smallest absolute Gasteiger partial charge is 0.300 e. The zero-order chi connectivity index (χ0) is 15.5. The van der Waals surface area contributed by atoms with Gasteiger partial charge in [-0.15, -0.1) is 0 Å². The molecule has 0 spiro atoms. The maximum Gasteiger partial charge on any atom is 0.300 e. The van der Waals surface area contributed by atoms with E-state index in [9.17, 15) is 9.18 Å². The normalized spacial score (nSPS) is 10.1. The van der Waals surface area contributed by atoms with Crippen LogP contribution in [-0.4, -0.2) is 15.9 Å². The lowest BCUT2D eigenvalue weighted by molar-refractivity contribution is -0.111. The number of halogens is 1. The fourth-order valence-corrected chi connectivity index (χ4v) is 2.14. The first-order valence-corrected chi connectivity index (χ1v) is 6.65. The zero-order valence-electron chi connectivity index (χ0n) is 11.8. The second kappa shape index (κ2) is 5.70. The summed E-state index contributed by atoms with van der Waals surface area (Å²) in [5.41, 5.74) is 2.77. The highest BCUT2D eigenvalue weighted by atomic mass is 19.1. The molecule has 0 atom stereocenters. The highest BCUT2D eigenvalue weighted by Gasteiger charge is 2.07. The Morgan fingerprint density at radius 3 is 2.91 bits per heavy atom. The van der Waals surface area contributed by atoms with Gasteiger partial charge in [-0.25, -0.2) is 9.37 Å². The van der Waals surface area contributed by atoms with Crippen molar-refractivity contribution >= 4 is 22.6 Å². The molecule has 0 saturated heterocycles. The van der Waals surface area contributed by atoms with Crippen LogP contribution in [0.4, 0.5) is 10.1 Å². The van der Waals surface area contributed by atoms with E-state index in [4.69, 9.17) is 0 Å². The van der Waals surface area contributed by atoms with Crippen LogP contribution in [0.25, 0.3) is 22.4 Å². The molecule has 3 rings (SSSR count). The Morgan fingerprint density at radius 2 is 2.14 bits per heavy atom. The van der Waals surface area contributed by atoms with Gasteiger partial charge in [-0.1, -0.05) is 18.1 Å². The molecule has 1 aromatic heterocycles. The van der Waals surface area contributed by atoms with Gasteiger partial charge in [0.25, 0.3) is 5.91 Å². The molecule has 2 N–H and O–H groups in total. The Labute approximate surface area is 126 Å². The van der Waals surface area contributed by atoms with Crippen LogP contribution < -0.4 is 5.32 Å². The fourth-order valence-electron chi connectivity index (χ4n) is 2.14. The lowest BCUT2D eigenvalue weighted by Gasteiger charge is -1.99. The average molecular weight is 293 g/mol. The largest absolute Gasteiger partial charge is 0.338 e. The van der Waals surface area contributed by atoms with Gasteiger partial charge in [0.15, 0.2) is 0 Å². The molecule has 0 bridgehead atoms. The molecule has 2 aromatic carbocycles. The summed E-state index contributed by atoms with van der Waals surface area (Å²) in [6, 6.07) is 11.5. The Kier molecular flexibility index (Phi) is 3.58. The van der Waals surface area contributed by atoms with E-state index in [1.165, 1.54) is 12.1 Å². The summed E-state index contributed by atoms with van der Waals surface area (Å²) in [4.78, 5) is 19.0. The molecule has 0 saturated carbocycles. The second-order valence-corrected chi connectivity index (χ2v) is 4.66. The molecule has 22 heavy (non-hydrogen) atoms. The minimum absolute atomic E-state index is 0.316. The number of fused-ring (bicyclic) bond motifs is 1. The molecule has 1 heterocycles. The van der Waals surface area contributed by atoms with E-state index in [0.717, 1.165) is 11.0 Å². The van der Waals surface area contributed by atoms with Crippen LogP contribution in [0.3, 0.4) is 0 Å². The van der Waals surface area contributed by atoms with Crippen molar-refractivity contribution in [1.29, 1.82) is 0 Å². The van der Waals surface area contributed by atoms with Gasteiger partial charge >= 0.3 is 0 Å². The number of rotatable bonds is 2. The SMILES string of the molecule is CC#CC(=O)Nc1ccc2nc(-c3cccc(F)c3)[nH]c2c1. The number of carbonyl (C=O) groups excluding carboxylic acids is 1. The van der Waals surface area contributed by atoms with E-state index in [-0.39, 0.29) is 11.7 Å². The quantitative estimate of drug-likeness (QED) is 0.712. The molecule has 0 unspecified atom stereocenters. The van der Waals surface area contributed by atoms with Crippen molar-refractivity contribution < 1.29 is 9.18 Å². The first-order valence-electron chi connectivity index (χ1n) is 6.65. The Balaban J connectivity index is 1.96. The molecule has 5 heteroatoms. The summed E-state index contributed by atoms with van der Waals surface area (Å²) in [7, 11) is 0. The number of benzene rings is 2. The summed E-state index contributed by atoms with van der Waals surface area (Å²) in [5.74, 6) is 4.84. The van der Waals surface area contributed by atoms with Crippen molar-refractivity contribution in [2.24, 2.45) is 0 Å². The van der Waals surface area contributed by atoms with Gasteiger partial charge in [-0.3, -0.25) is 4.79 Å². The van der Waals surface area contributed by atoms with Crippen molar-refractivity contribution in [3.8, 4) is 23.2 Å². The van der Waals surface area contributed by atoms with E-state index in [2.05, 4.69) is 27.1 Å². The number of imidazole rings is 1. The van der Waals surface area contributed by atoms with Crippen molar-refractivity contribution in [1.82, 2.24) is 9.97 Å². The highest BCUT2D eigenvalue weighted by Crippen LogP contribution is 2.23. The molecule has 0 aliphatic heterocycles. The highest BCUT2D eigenvalue weighted by molar-refractivity contribution is 6.04. The zero-order valence-corrected chi connectivity index (χ0v) is 11.8. The standard InChI is InChI=1S/C17H12FN3O/c1-2-4-16(22)19-13-7-8-14-15(10-13)21-17(20-14)11-5-3-6-12(18)9-11/h3,5-10H,1H3,(H,19,22)(H,20,21). The monoisotopic (exact) mass is 293 g/mol. The maximum absolute atomic E-state index is 13.3. The topological polar surface area (TPSA) is 57.8 Å². The predicted molar refractivity (Wildman–Crippen MR) is 83.6 cm³/mol. The van der Waals surface area contributed by atoms with Crippen LogP contribution in [-0.2, 0) is 4.79 Å². The van der Waals surface area contributed by atoms with Crippen LogP contribution in [0.5, 0.6) is 0 Å². The average Bonchev–Trinajstić information content (AvgIpc) is 2.90. The first-order chi connectivity index (χ1) is 10.7. The van der Waals surface area contributed by atoms with Gasteiger partial charge in [0.05, 0.1) is 11.0 Å². The molecule has 4 nitrogen and oxygen atoms in total. The van der Waals surface area contributed by atoms with Crippen LogP contribution in [0.1, 0.15) is 6.92 Å². The van der Waals surface area contributed by atoms with Crippen LogP contribution in [0.15, 0.2) is 42.5 Å². The number of nitrogens with zero attached hydrogens (tertiary/aromatic N) is 1. The summed E-state index contributed by atoms with van der Waals surface area (Å²) >= 11 is 0. The first kappa shape index (κ1) is 13.8. The van der Waals surface area contributed by atoms with Crippen molar-refractivity contribution in [2.45, 2.75) is 6.92 Å². The molecular weight excluding hydrogens is 281 g/mol. The number of anilines is 1. The third-order valence-electron chi connectivity index (χ3n) is 3.08. The van der Waals surface area contributed by atoms with E-state index >= 15 is 0 Å². The third-order valence-corrected chi connectivity index (χ3v) is 3.08. The predicted octanol–water partition coefficient (Wildman–Crippen LogP) is 3.33. The van der Waals surface area contributed by atoms with Gasteiger partial charge in [-0.2, -0.15) is 0 Å². The Hall–Kier alpha value is -3.13. The molecule has 0 aliphatic rings. The van der Waals surface area contributed by atoms with Crippen molar-refractivity contribution in [3.63, 3.8) is 0 Å². The minimum Gasteiger partial charge on any atom is -0.338 e. The lowest BCUT2D eigenvalue weighted by Crippen LogP contribution is -2.07. The minimum atomic E-state index is -0.369. The van der Waals surface area contributed by atoms with Crippen LogP contribution >= 0.6 is 0 Å². The maximum atomic E-state index is 13.3. The number of carbonyl (C=O) groups is 1. The Morgan fingerprint density at radius 1 is 1.27 bits per heavy atom. The number of amides is 1. The summed E-state index contributed by atoms with van der Waals surface area (Å²) in [6.45, 7) is 1.60. The Bertz CT molecular complexity index is 918. The number of hydrogen-bond donors (Lipinski definition) is 2. The van der Waals surface area contributed by atoms with E-state index in [0.29, 0.717) is 17.1 Å². The van der Waals surface area contributed by atoms with Crippen LogP contribution in [0, 0.1) is 17.7 Å².